The fraction of sp³-hybridized carbons (Fsp3) is 0.391. The number of carbonyl (C=O) groups excluding carboxylic acids is 1. The second-order valence-electron chi connectivity index (χ2n) is 8.17. The molecule has 5 nitrogen and oxygen atoms in total. The summed E-state index contributed by atoms with van der Waals surface area (Å²) >= 11 is 0. The topological polar surface area (TPSA) is 75.6 Å². The fourth-order valence-corrected chi connectivity index (χ4v) is 4.82. The molecule has 2 saturated carbocycles. The van der Waals surface area contributed by atoms with Gasteiger partial charge in [-0.1, -0.05) is 48.5 Å². The largest absolute Gasteiger partial charge is 0.479 e. The lowest BCUT2D eigenvalue weighted by atomic mass is 9.87. The van der Waals surface area contributed by atoms with Crippen LogP contribution in [0.3, 0.4) is 0 Å². The zero-order valence-corrected chi connectivity index (χ0v) is 15.6. The predicted octanol–water partition coefficient (Wildman–Crippen LogP) is 4.17. The number of amides is 1. The third kappa shape index (κ3) is 2.68. The molecule has 0 saturated heterocycles. The van der Waals surface area contributed by atoms with E-state index in [4.69, 9.17) is 4.74 Å². The molecule has 0 bridgehead atoms. The minimum atomic E-state index is -1.15. The van der Waals surface area contributed by atoms with Crippen molar-refractivity contribution < 1.29 is 19.4 Å². The molecule has 0 spiro atoms. The average molecular weight is 377 g/mol. The van der Waals surface area contributed by atoms with Crippen molar-refractivity contribution in [3.63, 3.8) is 0 Å². The van der Waals surface area contributed by atoms with Crippen molar-refractivity contribution in [1.82, 2.24) is 5.32 Å². The lowest BCUT2D eigenvalue weighted by Crippen LogP contribution is -2.58. The molecule has 28 heavy (non-hydrogen) atoms. The van der Waals surface area contributed by atoms with Gasteiger partial charge in [0.15, 0.2) is 0 Å². The van der Waals surface area contributed by atoms with Gasteiger partial charge in [-0.15, -0.1) is 0 Å². The van der Waals surface area contributed by atoms with E-state index in [0.29, 0.717) is 0 Å². The van der Waals surface area contributed by atoms with Crippen molar-refractivity contribution in [2.45, 2.75) is 37.1 Å². The van der Waals surface area contributed by atoms with Gasteiger partial charge in [0.05, 0.1) is 0 Å². The van der Waals surface area contributed by atoms with Gasteiger partial charge in [-0.05, 0) is 59.8 Å². The van der Waals surface area contributed by atoms with E-state index in [1.807, 2.05) is 24.3 Å². The molecule has 0 heterocycles. The van der Waals surface area contributed by atoms with E-state index in [2.05, 4.69) is 29.6 Å². The maximum Gasteiger partial charge on any atom is 0.408 e. The van der Waals surface area contributed by atoms with Crippen LogP contribution in [0.1, 0.15) is 42.7 Å². The summed E-state index contributed by atoms with van der Waals surface area (Å²) in [6, 6.07) is 16.3. The van der Waals surface area contributed by atoms with Crippen molar-refractivity contribution in [2.24, 2.45) is 11.8 Å². The summed E-state index contributed by atoms with van der Waals surface area (Å²) in [4.78, 5) is 24.6. The van der Waals surface area contributed by atoms with Crippen LogP contribution in [-0.4, -0.2) is 29.3 Å². The number of ether oxygens (including phenoxy) is 1. The first-order chi connectivity index (χ1) is 13.6. The van der Waals surface area contributed by atoms with E-state index in [1.165, 1.54) is 11.1 Å². The van der Waals surface area contributed by atoms with Gasteiger partial charge >= 0.3 is 12.1 Å². The fourth-order valence-electron chi connectivity index (χ4n) is 4.82. The highest BCUT2D eigenvalue weighted by atomic mass is 16.5. The molecule has 0 atom stereocenters. The molecule has 2 fully saturated rings. The predicted molar refractivity (Wildman–Crippen MR) is 104 cm³/mol. The number of hydrogen-bond acceptors (Lipinski definition) is 3. The number of rotatable bonds is 6. The van der Waals surface area contributed by atoms with Gasteiger partial charge < -0.3 is 15.2 Å². The first-order valence-electron chi connectivity index (χ1n) is 9.98. The third-order valence-corrected chi connectivity index (χ3v) is 6.45. The van der Waals surface area contributed by atoms with Crippen LogP contribution in [0.2, 0.25) is 0 Å². The van der Waals surface area contributed by atoms with Crippen LogP contribution >= 0.6 is 0 Å². The number of nitrogens with one attached hydrogen (secondary N) is 1. The van der Waals surface area contributed by atoms with E-state index in [-0.39, 0.29) is 24.4 Å². The Kier molecular flexibility index (Phi) is 3.93. The van der Waals surface area contributed by atoms with Crippen LogP contribution in [0.25, 0.3) is 11.1 Å². The zero-order valence-electron chi connectivity index (χ0n) is 15.6. The van der Waals surface area contributed by atoms with Gasteiger partial charge in [0.25, 0.3) is 0 Å². The zero-order chi connectivity index (χ0) is 19.3. The SMILES string of the molecule is O=C(NC(C(=O)O)(C1CC1)C1CC1)OCC1c2ccccc2-c2ccccc21. The summed E-state index contributed by atoms with van der Waals surface area (Å²) in [5.74, 6) is -0.902. The monoisotopic (exact) mass is 377 g/mol. The molecule has 2 N–H and O–H groups in total. The maximum atomic E-state index is 12.6. The Morgan fingerprint density at radius 3 is 1.89 bits per heavy atom. The molecule has 5 rings (SSSR count). The molecule has 0 radical (unpaired) electrons. The number of carbonyl (C=O) groups is 2. The Labute approximate surface area is 163 Å². The second kappa shape index (κ2) is 6.36. The Morgan fingerprint density at radius 2 is 1.43 bits per heavy atom. The third-order valence-electron chi connectivity index (χ3n) is 6.45. The molecule has 144 valence electrons. The summed E-state index contributed by atoms with van der Waals surface area (Å²) in [6.45, 7) is 0.199. The first kappa shape index (κ1) is 17.3. The number of carboxylic acid groups (broad SMARTS) is 1. The number of benzene rings is 2. The number of aliphatic carboxylic acids is 1. The van der Waals surface area contributed by atoms with Crippen LogP contribution in [-0.2, 0) is 9.53 Å². The van der Waals surface area contributed by atoms with E-state index in [9.17, 15) is 14.7 Å². The Bertz CT molecular complexity index is 888. The standard InChI is InChI=1S/C23H23NO4/c25-21(26)23(14-9-10-14,15-11-12-15)24-22(27)28-13-20-18-7-3-1-5-16(18)17-6-2-4-8-19(17)20/h1-8,14-15,20H,9-13H2,(H,24,27)(H,25,26). The smallest absolute Gasteiger partial charge is 0.408 e. The molecular weight excluding hydrogens is 354 g/mol. The average Bonchev–Trinajstić information content (AvgIpc) is 3.61. The van der Waals surface area contributed by atoms with Crippen molar-refractivity contribution in [3.05, 3.63) is 59.7 Å². The van der Waals surface area contributed by atoms with Gasteiger partial charge in [0.1, 0.15) is 12.1 Å². The van der Waals surface area contributed by atoms with Crippen LogP contribution in [0.4, 0.5) is 4.79 Å². The van der Waals surface area contributed by atoms with Gasteiger partial charge in [0.2, 0.25) is 0 Å². The molecule has 2 aromatic rings. The second-order valence-corrected chi connectivity index (χ2v) is 8.17. The lowest BCUT2D eigenvalue weighted by molar-refractivity contribution is -0.146. The van der Waals surface area contributed by atoms with E-state index in [0.717, 1.165) is 36.8 Å². The van der Waals surface area contributed by atoms with Gasteiger partial charge in [0, 0.05) is 5.92 Å². The highest BCUT2D eigenvalue weighted by Gasteiger charge is 2.60. The minimum absolute atomic E-state index is 0.0259. The Morgan fingerprint density at radius 1 is 0.929 bits per heavy atom. The van der Waals surface area contributed by atoms with Crippen LogP contribution < -0.4 is 5.32 Å². The van der Waals surface area contributed by atoms with Crippen molar-refractivity contribution >= 4 is 12.1 Å². The van der Waals surface area contributed by atoms with Crippen LogP contribution in [0, 0.1) is 11.8 Å². The van der Waals surface area contributed by atoms with E-state index < -0.39 is 17.6 Å². The number of alkyl carbamates (subject to hydrolysis) is 1. The maximum absolute atomic E-state index is 12.6. The highest BCUT2D eigenvalue weighted by Crippen LogP contribution is 2.52. The molecule has 1 amide bonds. The van der Waals surface area contributed by atoms with Gasteiger partial charge in [-0.25, -0.2) is 9.59 Å². The van der Waals surface area contributed by atoms with Crippen LogP contribution in [0.15, 0.2) is 48.5 Å². The summed E-state index contributed by atoms with van der Waals surface area (Å²) in [5.41, 5.74) is 3.48. The molecule has 3 aliphatic rings. The summed E-state index contributed by atoms with van der Waals surface area (Å²) < 4.78 is 5.59. The lowest BCUT2D eigenvalue weighted by Gasteiger charge is -2.30. The van der Waals surface area contributed by atoms with Gasteiger partial charge in [-0.2, -0.15) is 0 Å². The normalized spacial score (nSPS) is 18.3. The first-order valence-corrected chi connectivity index (χ1v) is 9.98. The van der Waals surface area contributed by atoms with Crippen LogP contribution in [0.5, 0.6) is 0 Å². The van der Waals surface area contributed by atoms with Gasteiger partial charge in [-0.3, -0.25) is 0 Å². The number of fused-ring (bicyclic) bond motifs is 3. The molecule has 2 aromatic carbocycles. The van der Waals surface area contributed by atoms with Crippen molar-refractivity contribution in [1.29, 1.82) is 0 Å². The minimum Gasteiger partial charge on any atom is -0.479 e. The number of hydrogen-bond donors (Lipinski definition) is 2. The molecule has 0 unspecified atom stereocenters. The highest BCUT2D eigenvalue weighted by molar-refractivity contribution is 5.86. The Balaban J connectivity index is 1.34. The Hall–Kier alpha value is -2.82. The molecule has 3 aliphatic carbocycles. The summed E-state index contributed by atoms with van der Waals surface area (Å²) in [6.07, 6.45) is 2.79. The van der Waals surface area contributed by atoms with E-state index in [1.54, 1.807) is 0 Å². The number of carboxylic acids is 1. The van der Waals surface area contributed by atoms with Crippen molar-refractivity contribution in [2.75, 3.05) is 6.61 Å². The summed E-state index contributed by atoms with van der Waals surface area (Å²) in [5, 5.41) is 12.6. The molecule has 5 heteroatoms. The van der Waals surface area contributed by atoms with Crippen molar-refractivity contribution in [3.8, 4) is 11.1 Å². The molecular formula is C23H23NO4. The van der Waals surface area contributed by atoms with E-state index >= 15 is 0 Å². The molecule has 0 aromatic heterocycles. The quantitative estimate of drug-likeness (QED) is 0.792. The summed E-state index contributed by atoms with van der Waals surface area (Å²) in [7, 11) is 0. The molecule has 0 aliphatic heterocycles.